The molecule has 0 aliphatic rings. The van der Waals surface area contributed by atoms with Crippen LogP contribution in [-0.4, -0.2) is 9.55 Å². The van der Waals surface area contributed by atoms with Gasteiger partial charge in [-0.05, 0) is 12.1 Å². The molecule has 0 aliphatic heterocycles. The van der Waals surface area contributed by atoms with E-state index in [0.29, 0.717) is 0 Å². The zero-order valence-corrected chi connectivity index (χ0v) is 8.16. The van der Waals surface area contributed by atoms with E-state index >= 15 is 0 Å². The Kier molecular flexibility index (Phi) is 2.17. The second kappa shape index (κ2) is 3.35. The number of para-hydroxylation sites is 2. The Hall–Kier alpha value is -1.48. The summed E-state index contributed by atoms with van der Waals surface area (Å²) in [5.41, 5.74) is 0.840. The Morgan fingerprint density at radius 3 is 2.93 bits per heavy atom. The Morgan fingerprint density at radius 1 is 1.50 bits per heavy atom. The van der Waals surface area contributed by atoms with Crippen LogP contribution in [0.15, 0.2) is 41.7 Å². The summed E-state index contributed by atoms with van der Waals surface area (Å²) < 4.78 is 1.46. The number of benzene rings is 1. The van der Waals surface area contributed by atoms with E-state index in [-0.39, 0.29) is 5.69 Å². The van der Waals surface area contributed by atoms with Crippen LogP contribution in [0.4, 0.5) is 0 Å². The number of hydrogen-bond acceptors (Lipinski definition) is 1. The highest BCUT2D eigenvalue weighted by atomic mass is 35.5. The summed E-state index contributed by atoms with van der Waals surface area (Å²) in [6.45, 7) is 3.56. The number of allylic oxidation sites excluding steroid dienone is 1. The number of nitrogens with one attached hydrogen (secondary N) is 1. The van der Waals surface area contributed by atoms with Gasteiger partial charge in [0, 0.05) is 0 Å². The second-order valence-corrected chi connectivity index (χ2v) is 3.37. The van der Waals surface area contributed by atoms with Gasteiger partial charge in [0.15, 0.2) is 0 Å². The predicted molar refractivity (Wildman–Crippen MR) is 57.6 cm³/mol. The van der Waals surface area contributed by atoms with E-state index < -0.39 is 5.50 Å². The van der Waals surface area contributed by atoms with E-state index in [1.54, 1.807) is 0 Å². The van der Waals surface area contributed by atoms with Gasteiger partial charge in [-0.15, -0.1) is 0 Å². The van der Waals surface area contributed by atoms with E-state index in [4.69, 9.17) is 11.6 Å². The fraction of sp³-hybridized carbons (Fsp3) is 0.100. The minimum atomic E-state index is -0.515. The first-order chi connectivity index (χ1) is 6.74. The molecule has 0 radical (unpaired) electrons. The fourth-order valence-corrected chi connectivity index (χ4v) is 1.62. The van der Waals surface area contributed by atoms with Gasteiger partial charge in [-0.2, -0.15) is 0 Å². The maximum Gasteiger partial charge on any atom is 0.327 e. The Bertz CT molecular complexity index is 526. The third-order valence-corrected chi connectivity index (χ3v) is 2.44. The first kappa shape index (κ1) is 9.09. The molecule has 2 rings (SSSR count). The Morgan fingerprint density at radius 2 is 2.21 bits per heavy atom. The summed E-state index contributed by atoms with van der Waals surface area (Å²) in [6, 6.07) is 7.39. The number of halogens is 1. The lowest BCUT2D eigenvalue weighted by molar-refractivity contribution is 0.779. The molecule has 3 nitrogen and oxygen atoms in total. The van der Waals surface area contributed by atoms with Gasteiger partial charge in [0.2, 0.25) is 0 Å². The molecule has 0 saturated heterocycles. The number of fused-ring (bicyclic) bond motifs is 1. The van der Waals surface area contributed by atoms with Gasteiger partial charge >= 0.3 is 5.69 Å². The van der Waals surface area contributed by atoms with Crippen LogP contribution < -0.4 is 5.69 Å². The lowest BCUT2D eigenvalue weighted by atomic mass is 10.3. The van der Waals surface area contributed by atoms with Crippen molar-refractivity contribution >= 4 is 22.6 Å². The monoisotopic (exact) mass is 208 g/mol. The standard InChI is InChI=1S/C10H9ClN2O/c1-2-9(11)13-8-6-4-3-5-7(8)12-10(13)14/h2-6,9H,1H2,(H,12,14). The van der Waals surface area contributed by atoms with Crippen LogP contribution in [-0.2, 0) is 0 Å². The molecule has 1 aromatic carbocycles. The number of alkyl halides is 1. The summed E-state index contributed by atoms with van der Waals surface area (Å²) in [4.78, 5) is 14.2. The third kappa shape index (κ3) is 1.26. The first-order valence-corrected chi connectivity index (χ1v) is 4.63. The van der Waals surface area contributed by atoms with Crippen molar-refractivity contribution in [1.29, 1.82) is 0 Å². The largest absolute Gasteiger partial charge is 0.327 e. The van der Waals surface area contributed by atoms with Crippen molar-refractivity contribution in [3.8, 4) is 0 Å². The van der Waals surface area contributed by atoms with Gasteiger partial charge < -0.3 is 4.98 Å². The number of aromatic nitrogens is 2. The molecule has 1 unspecified atom stereocenters. The van der Waals surface area contributed by atoms with E-state index in [0.717, 1.165) is 11.0 Å². The van der Waals surface area contributed by atoms with Crippen LogP contribution in [0.5, 0.6) is 0 Å². The van der Waals surface area contributed by atoms with Crippen LogP contribution >= 0.6 is 11.6 Å². The maximum absolute atomic E-state index is 11.5. The van der Waals surface area contributed by atoms with Gasteiger partial charge in [0.1, 0.15) is 5.50 Å². The average Bonchev–Trinajstić information content (AvgIpc) is 2.53. The molecule has 1 aromatic heterocycles. The molecular formula is C10H9ClN2O. The van der Waals surface area contributed by atoms with Crippen molar-refractivity contribution < 1.29 is 0 Å². The number of nitrogens with zero attached hydrogens (tertiary/aromatic N) is 1. The van der Waals surface area contributed by atoms with Gasteiger partial charge in [-0.25, -0.2) is 4.79 Å². The molecule has 1 N–H and O–H groups in total. The van der Waals surface area contributed by atoms with Gasteiger partial charge in [0.05, 0.1) is 11.0 Å². The van der Waals surface area contributed by atoms with E-state index in [1.165, 1.54) is 10.6 Å². The summed E-state index contributed by atoms with van der Waals surface area (Å²) in [7, 11) is 0. The van der Waals surface area contributed by atoms with Crippen LogP contribution in [0, 0.1) is 0 Å². The van der Waals surface area contributed by atoms with Crippen molar-refractivity contribution in [1.82, 2.24) is 9.55 Å². The minimum absolute atomic E-state index is 0.217. The molecule has 0 amide bonds. The molecule has 0 fully saturated rings. The van der Waals surface area contributed by atoms with E-state index in [1.807, 2.05) is 24.3 Å². The molecule has 0 bridgehead atoms. The maximum atomic E-state index is 11.5. The molecule has 14 heavy (non-hydrogen) atoms. The van der Waals surface area contributed by atoms with Crippen LogP contribution in [0.2, 0.25) is 0 Å². The van der Waals surface area contributed by atoms with Crippen molar-refractivity contribution in [3.63, 3.8) is 0 Å². The highest BCUT2D eigenvalue weighted by Gasteiger charge is 2.10. The molecule has 0 saturated carbocycles. The molecule has 4 heteroatoms. The molecule has 0 spiro atoms. The van der Waals surface area contributed by atoms with Crippen molar-refractivity contribution in [3.05, 3.63) is 47.4 Å². The molecule has 72 valence electrons. The predicted octanol–water partition coefficient (Wildman–Crippen LogP) is 2.25. The fourth-order valence-electron chi connectivity index (χ4n) is 1.42. The smallest absolute Gasteiger partial charge is 0.305 e. The van der Waals surface area contributed by atoms with Crippen molar-refractivity contribution in [2.24, 2.45) is 0 Å². The number of rotatable bonds is 2. The van der Waals surface area contributed by atoms with E-state index in [2.05, 4.69) is 11.6 Å². The normalized spacial score (nSPS) is 12.9. The molecular weight excluding hydrogens is 200 g/mol. The van der Waals surface area contributed by atoms with Crippen molar-refractivity contribution in [2.75, 3.05) is 0 Å². The number of imidazole rings is 1. The highest BCUT2D eigenvalue weighted by molar-refractivity contribution is 6.20. The summed E-state index contributed by atoms with van der Waals surface area (Å²) in [5.74, 6) is 0. The van der Waals surface area contributed by atoms with Gasteiger partial charge in [0.25, 0.3) is 0 Å². The first-order valence-electron chi connectivity index (χ1n) is 4.20. The van der Waals surface area contributed by atoms with Crippen molar-refractivity contribution in [2.45, 2.75) is 5.50 Å². The zero-order chi connectivity index (χ0) is 10.1. The minimum Gasteiger partial charge on any atom is -0.305 e. The highest BCUT2D eigenvalue weighted by Crippen LogP contribution is 2.17. The number of aromatic amines is 1. The topological polar surface area (TPSA) is 37.8 Å². The third-order valence-electron chi connectivity index (χ3n) is 2.07. The van der Waals surface area contributed by atoms with Crippen LogP contribution in [0.1, 0.15) is 5.50 Å². The Balaban J connectivity index is 2.80. The quantitative estimate of drug-likeness (QED) is 0.597. The van der Waals surface area contributed by atoms with Crippen LogP contribution in [0.3, 0.4) is 0 Å². The molecule has 2 aromatic rings. The number of H-pyrrole nitrogens is 1. The molecule has 1 heterocycles. The SMILES string of the molecule is C=CC(Cl)n1c(=O)[nH]c2ccccc21. The van der Waals surface area contributed by atoms with E-state index in [9.17, 15) is 4.79 Å². The lowest BCUT2D eigenvalue weighted by Crippen LogP contribution is -2.17. The summed E-state index contributed by atoms with van der Waals surface area (Å²) in [5, 5.41) is 0. The lowest BCUT2D eigenvalue weighted by Gasteiger charge is -2.04. The summed E-state index contributed by atoms with van der Waals surface area (Å²) >= 11 is 5.94. The van der Waals surface area contributed by atoms with Gasteiger partial charge in [-0.1, -0.05) is 36.4 Å². The molecule has 0 aliphatic carbocycles. The zero-order valence-electron chi connectivity index (χ0n) is 7.40. The second-order valence-electron chi connectivity index (χ2n) is 2.93. The Labute approximate surface area is 85.6 Å². The number of hydrogen-bond donors (Lipinski definition) is 1. The molecule has 1 atom stereocenters. The summed E-state index contributed by atoms with van der Waals surface area (Å²) in [6.07, 6.45) is 1.52. The van der Waals surface area contributed by atoms with Crippen LogP contribution in [0.25, 0.3) is 11.0 Å². The average molecular weight is 209 g/mol. The van der Waals surface area contributed by atoms with Gasteiger partial charge in [-0.3, -0.25) is 4.57 Å².